The second kappa shape index (κ2) is 6.60. The molecule has 1 aromatic carbocycles. The van der Waals surface area contributed by atoms with Gasteiger partial charge in [0, 0.05) is 12.5 Å². The third-order valence-electron chi connectivity index (χ3n) is 4.04. The van der Waals surface area contributed by atoms with Gasteiger partial charge in [0.2, 0.25) is 5.91 Å². The van der Waals surface area contributed by atoms with Crippen molar-refractivity contribution in [1.29, 1.82) is 0 Å². The van der Waals surface area contributed by atoms with Gasteiger partial charge in [0.25, 0.3) is 0 Å². The Hall–Kier alpha value is -2.05. The number of carbonyl (C=O) groups is 2. The van der Waals surface area contributed by atoms with Crippen LogP contribution in [0.15, 0.2) is 24.3 Å². The first-order valence-electron chi connectivity index (χ1n) is 7.39. The maximum absolute atomic E-state index is 12.7. The lowest BCUT2D eigenvalue weighted by Gasteiger charge is -2.25. The number of carboxylic acids is 1. The highest BCUT2D eigenvalue weighted by molar-refractivity contribution is 5.85. The van der Waals surface area contributed by atoms with Crippen LogP contribution in [0.3, 0.4) is 0 Å². The highest BCUT2D eigenvalue weighted by Gasteiger charge is 2.36. The molecule has 2 atom stereocenters. The van der Waals surface area contributed by atoms with Crippen molar-refractivity contribution in [2.45, 2.75) is 38.4 Å². The van der Waals surface area contributed by atoms with Crippen LogP contribution in [-0.4, -0.2) is 34.5 Å². The minimum absolute atomic E-state index is 0.144. The molecule has 1 N–H and O–H groups in total. The van der Waals surface area contributed by atoms with Crippen molar-refractivity contribution >= 4 is 11.9 Å². The summed E-state index contributed by atoms with van der Waals surface area (Å²) < 4.78 is 38.1. The van der Waals surface area contributed by atoms with Crippen LogP contribution in [0, 0.1) is 5.92 Å². The zero-order valence-electron chi connectivity index (χ0n) is 12.6. The average Bonchev–Trinajstić information content (AvgIpc) is 2.95. The fourth-order valence-corrected chi connectivity index (χ4v) is 2.89. The van der Waals surface area contributed by atoms with Crippen molar-refractivity contribution in [3.8, 4) is 0 Å². The molecule has 1 fully saturated rings. The van der Waals surface area contributed by atoms with Gasteiger partial charge < -0.3 is 10.0 Å². The summed E-state index contributed by atoms with van der Waals surface area (Å²) in [6.45, 7) is 1.99. The first kappa shape index (κ1) is 17.3. The maximum atomic E-state index is 12.7. The molecule has 0 saturated carbocycles. The minimum Gasteiger partial charge on any atom is -0.480 e. The number of hydrogen-bond acceptors (Lipinski definition) is 2. The van der Waals surface area contributed by atoms with Crippen LogP contribution in [0.1, 0.15) is 30.9 Å². The number of aliphatic carboxylic acids is 1. The Kier molecular flexibility index (Phi) is 4.97. The molecular weight excluding hydrogens is 311 g/mol. The van der Waals surface area contributed by atoms with E-state index in [0.717, 1.165) is 12.1 Å². The predicted octanol–water partition coefficient (Wildman–Crippen LogP) is 2.96. The summed E-state index contributed by atoms with van der Waals surface area (Å²) in [7, 11) is 0. The van der Waals surface area contributed by atoms with Crippen molar-refractivity contribution in [3.05, 3.63) is 35.4 Å². The van der Waals surface area contributed by atoms with E-state index in [1.54, 1.807) is 6.92 Å². The van der Waals surface area contributed by atoms with E-state index in [1.165, 1.54) is 17.0 Å². The Balaban J connectivity index is 2.08. The van der Waals surface area contributed by atoms with E-state index >= 15 is 0 Å². The molecule has 1 amide bonds. The largest absolute Gasteiger partial charge is 0.480 e. The number of benzene rings is 1. The van der Waals surface area contributed by atoms with Crippen molar-refractivity contribution in [2.24, 2.45) is 5.92 Å². The summed E-state index contributed by atoms with van der Waals surface area (Å²) in [6, 6.07) is 4.04. The van der Waals surface area contributed by atoms with E-state index in [-0.39, 0.29) is 12.3 Å². The van der Waals surface area contributed by atoms with E-state index in [0.29, 0.717) is 24.9 Å². The van der Waals surface area contributed by atoms with E-state index in [2.05, 4.69) is 0 Å². The van der Waals surface area contributed by atoms with Gasteiger partial charge in [0.1, 0.15) is 6.04 Å². The number of hydrogen-bond donors (Lipinski definition) is 1. The monoisotopic (exact) mass is 329 g/mol. The lowest BCUT2D eigenvalue weighted by molar-refractivity contribution is -0.149. The van der Waals surface area contributed by atoms with Gasteiger partial charge in [-0.25, -0.2) is 4.79 Å². The van der Waals surface area contributed by atoms with Gasteiger partial charge in [0.05, 0.1) is 5.56 Å². The molecule has 7 heteroatoms. The normalized spacial score (nSPS) is 19.7. The van der Waals surface area contributed by atoms with Crippen LogP contribution in [0.5, 0.6) is 0 Å². The van der Waals surface area contributed by atoms with E-state index in [9.17, 15) is 22.8 Å². The molecule has 1 saturated heterocycles. The summed E-state index contributed by atoms with van der Waals surface area (Å²) in [6.07, 6.45) is -3.24. The Morgan fingerprint density at radius 1 is 1.39 bits per heavy atom. The number of alkyl halides is 3. The van der Waals surface area contributed by atoms with Crippen LogP contribution in [0.25, 0.3) is 0 Å². The van der Waals surface area contributed by atoms with Crippen molar-refractivity contribution in [3.63, 3.8) is 0 Å². The zero-order valence-corrected chi connectivity index (χ0v) is 12.6. The molecule has 126 valence electrons. The van der Waals surface area contributed by atoms with Crippen LogP contribution in [-0.2, 0) is 22.2 Å². The summed E-state index contributed by atoms with van der Waals surface area (Å²) >= 11 is 0. The fourth-order valence-electron chi connectivity index (χ4n) is 2.89. The van der Waals surface area contributed by atoms with E-state index in [1.807, 2.05) is 0 Å². The zero-order chi connectivity index (χ0) is 17.2. The molecule has 0 spiro atoms. The molecule has 2 rings (SSSR count). The van der Waals surface area contributed by atoms with Crippen LogP contribution < -0.4 is 0 Å². The third kappa shape index (κ3) is 4.03. The molecule has 0 aromatic heterocycles. The highest BCUT2D eigenvalue weighted by Crippen LogP contribution is 2.30. The van der Waals surface area contributed by atoms with Crippen LogP contribution >= 0.6 is 0 Å². The molecule has 4 nitrogen and oxygen atoms in total. The lowest BCUT2D eigenvalue weighted by Crippen LogP contribution is -2.43. The minimum atomic E-state index is -4.42. The summed E-state index contributed by atoms with van der Waals surface area (Å²) in [5.41, 5.74) is -0.342. The van der Waals surface area contributed by atoms with Crippen molar-refractivity contribution < 1.29 is 27.9 Å². The SMILES string of the molecule is CC(Cc1cccc(C(F)(F)F)c1)C(=O)N1CCC[C@@H]1C(=O)O. The van der Waals surface area contributed by atoms with E-state index < -0.39 is 29.7 Å². The summed E-state index contributed by atoms with van der Waals surface area (Å²) in [5, 5.41) is 9.11. The molecule has 0 aliphatic carbocycles. The highest BCUT2D eigenvalue weighted by atomic mass is 19.4. The van der Waals surface area contributed by atoms with Gasteiger partial charge in [-0.2, -0.15) is 13.2 Å². The number of amides is 1. The van der Waals surface area contributed by atoms with Crippen molar-refractivity contribution in [2.75, 3.05) is 6.54 Å². The molecule has 0 radical (unpaired) electrons. The van der Waals surface area contributed by atoms with Gasteiger partial charge in [-0.05, 0) is 30.9 Å². The topological polar surface area (TPSA) is 57.6 Å². The third-order valence-corrected chi connectivity index (χ3v) is 4.04. The second-order valence-corrected chi connectivity index (χ2v) is 5.83. The first-order chi connectivity index (χ1) is 10.7. The van der Waals surface area contributed by atoms with Gasteiger partial charge in [0.15, 0.2) is 0 Å². The Labute approximate surface area is 131 Å². The number of halogens is 3. The molecular formula is C16H18F3NO3. The molecule has 1 aromatic rings. The van der Waals surface area contributed by atoms with Gasteiger partial charge >= 0.3 is 12.1 Å². The lowest BCUT2D eigenvalue weighted by atomic mass is 9.98. The molecule has 23 heavy (non-hydrogen) atoms. The molecule has 1 aliphatic rings. The Bertz CT molecular complexity index is 600. The van der Waals surface area contributed by atoms with E-state index in [4.69, 9.17) is 5.11 Å². The Morgan fingerprint density at radius 3 is 2.70 bits per heavy atom. The molecule has 1 heterocycles. The van der Waals surface area contributed by atoms with Crippen LogP contribution in [0.4, 0.5) is 13.2 Å². The Morgan fingerprint density at radius 2 is 2.09 bits per heavy atom. The summed E-state index contributed by atoms with van der Waals surface area (Å²) in [5.74, 6) is -1.94. The smallest absolute Gasteiger partial charge is 0.416 e. The van der Waals surface area contributed by atoms with Crippen molar-refractivity contribution in [1.82, 2.24) is 4.90 Å². The fraction of sp³-hybridized carbons (Fsp3) is 0.500. The van der Waals surface area contributed by atoms with Crippen LogP contribution in [0.2, 0.25) is 0 Å². The molecule has 1 unspecified atom stereocenters. The average molecular weight is 329 g/mol. The number of rotatable bonds is 4. The van der Waals surface area contributed by atoms with Gasteiger partial charge in [-0.15, -0.1) is 0 Å². The number of carboxylic acid groups (broad SMARTS) is 1. The number of nitrogens with zero attached hydrogens (tertiary/aromatic N) is 1. The molecule has 1 aliphatic heterocycles. The van der Waals surface area contributed by atoms with Gasteiger partial charge in [-0.3, -0.25) is 4.79 Å². The maximum Gasteiger partial charge on any atom is 0.416 e. The molecule has 0 bridgehead atoms. The second-order valence-electron chi connectivity index (χ2n) is 5.83. The number of carbonyl (C=O) groups excluding carboxylic acids is 1. The quantitative estimate of drug-likeness (QED) is 0.924. The van der Waals surface area contributed by atoms with Gasteiger partial charge in [-0.1, -0.05) is 25.1 Å². The predicted molar refractivity (Wildman–Crippen MR) is 76.7 cm³/mol. The standard InChI is InChI=1S/C16H18F3NO3/c1-10(14(21)20-7-3-6-13(20)15(22)23)8-11-4-2-5-12(9-11)16(17,18)19/h2,4-5,9-10,13H,3,6-8H2,1H3,(H,22,23)/t10?,13-/m1/s1. The number of likely N-dealkylation sites (tertiary alicyclic amines) is 1. The summed E-state index contributed by atoms with van der Waals surface area (Å²) in [4.78, 5) is 24.8. The first-order valence-corrected chi connectivity index (χ1v) is 7.39.